The summed E-state index contributed by atoms with van der Waals surface area (Å²) in [7, 11) is 0. The molecule has 0 aliphatic heterocycles. The highest BCUT2D eigenvalue weighted by Crippen LogP contribution is 2.17. The smallest absolute Gasteiger partial charge is 0.253 e. The third kappa shape index (κ3) is 6.25. The minimum Gasteiger partial charge on any atom is -0.351 e. The topological polar surface area (TPSA) is 84.2 Å². The molecule has 0 fully saturated rings. The quantitative estimate of drug-likeness (QED) is 0.678. The maximum absolute atomic E-state index is 12.2. The van der Waals surface area contributed by atoms with Crippen molar-refractivity contribution in [3.8, 4) is 0 Å². The summed E-state index contributed by atoms with van der Waals surface area (Å²) in [5, 5.41) is 5.53. The Morgan fingerprint density at radius 3 is 2.68 bits per heavy atom. The molecule has 2 aromatic rings. The monoisotopic (exact) mass is 357 g/mol. The Kier molecular flexibility index (Phi) is 7.50. The summed E-state index contributed by atoms with van der Waals surface area (Å²) < 4.78 is 0. The average Bonchev–Trinajstić information content (AvgIpc) is 2.60. The van der Waals surface area contributed by atoms with Gasteiger partial charge in [0, 0.05) is 18.8 Å². The van der Waals surface area contributed by atoms with E-state index in [1.54, 1.807) is 36.0 Å². The lowest BCUT2D eigenvalue weighted by Crippen LogP contribution is -2.30. The number of anilines is 1. The fourth-order valence-corrected chi connectivity index (χ4v) is 3.10. The highest BCUT2D eigenvalue weighted by molar-refractivity contribution is 7.99. The first-order valence-corrected chi connectivity index (χ1v) is 9.26. The molecule has 4 N–H and O–H groups in total. The predicted octanol–water partition coefficient (Wildman–Crippen LogP) is 2.56. The summed E-state index contributed by atoms with van der Waals surface area (Å²) in [6, 6.07) is 15.2. The summed E-state index contributed by atoms with van der Waals surface area (Å²) >= 11 is 1.54. The van der Waals surface area contributed by atoms with Gasteiger partial charge >= 0.3 is 0 Å². The lowest BCUT2D eigenvalue weighted by atomic mass is 10.1. The largest absolute Gasteiger partial charge is 0.351 e. The zero-order valence-corrected chi connectivity index (χ0v) is 15.1. The summed E-state index contributed by atoms with van der Waals surface area (Å²) in [5.41, 5.74) is 8.75. The van der Waals surface area contributed by atoms with Crippen molar-refractivity contribution in [1.82, 2.24) is 5.32 Å². The maximum Gasteiger partial charge on any atom is 0.253 e. The van der Waals surface area contributed by atoms with Crippen LogP contribution in [0.4, 0.5) is 5.69 Å². The van der Waals surface area contributed by atoms with Crippen LogP contribution < -0.4 is 16.4 Å². The molecule has 6 heteroatoms. The number of para-hydroxylation sites is 1. The standard InChI is InChI=1S/C19H23N3O2S/c1-14-5-4-6-15(11-14)12-25-13-18(23)22-17-8-3-2-7-16(17)19(24)21-10-9-20/h2-8,11H,9-10,12-13,20H2,1H3,(H,21,24)(H,22,23). The van der Waals surface area contributed by atoms with Gasteiger partial charge in [-0.1, -0.05) is 42.0 Å². The molecule has 0 spiro atoms. The van der Waals surface area contributed by atoms with Crippen LogP contribution in [0.5, 0.6) is 0 Å². The third-order valence-corrected chi connectivity index (χ3v) is 4.46. The molecular formula is C19H23N3O2S. The van der Waals surface area contributed by atoms with Gasteiger partial charge < -0.3 is 16.4 Å². The van der Waals surface area contributed by atoms with Crippen molar-refractivity contribution in [2.45, 2.75) is 12.7 Å². The van der Waals surface area contributed by atoms with Crippen LogP contribution in [0.2, 0.25) is 0 Å². The molecule has 2 aromatic carbocycles. The van der Waals surface area contributed by atoms with Crippen LogP contribution in [-0.2, 0) is 10.5 Å². The van der Waals surface area contributed by atoms with Crippen molar-refractivity contribution in [2.24, 2.45) is 5.73 Å². The molecule has 0 saturated heterocycles. The Hall–Kier alpha value is -2.31. The number of rotatable bonds is 8. The molecule has 25 heavy (non-hydrogen) atoms. The molecule has 5 nitrogen and oxygen atoms in total. The van der Waals surface area contributed by atoms with E-state index in [-0.39, 0.29) is 11.8 Å². The molecule has 132 valence electrons. The first-order chi connectivity index (χ1) is 12.1. The SMILES string of the molecule is Cc1cccc(CSCC(=O)Nc2ccccc2C(=O)NCCN)c1. The maximum atomic E-state index is 12.2. The molecule has 2 rings (SSSR count). The van der Waals surface area contributed by atoms with E-state index < -0.39 is 0 Å². The van der Waals surface area contributed by atoms with Crippen LogP contribution in [-0.4, -0.2) is 30.7 Å². The molecule has 0 atom stereocenters. The van der Waals surface area contributed by atoms with Crippen molar-refractivity contribution >= 4 is 29.3 Å². The Bertz CT molecular complexity index is 734. The highest BCUT2D eigenvalue weighted by atomic mass is 32.2. The summed E-state index contributed by atoms with van der Waals surface area (Å²) in [4.78, 5) is 24.3. The summed E-state index contributed by atoms with van der Waals surface area (Å²) in [6.07, 6.45) is 0. The van der Waals surface area contributed by atoms with Gasteiger partial charge in [-0.25, -0.2) is 0 Å². The van der Waals surface area contributed by atoms with Gasteiger partial charge in [0.05, 0.1) is 17.0 Å². The van der Waals surface area contributed by atoms with Crippen LogP contribution in [0.1, 0.15) is 21.5 Å². The predicted molar refractivity (Wildman–Crippen MR) is 104 cm³/mol. The van der Waals surface area contributed by atoms with Crippen molar-refractivity contribution in [3.05, 3.63) is 65.2 Å². The number of hydrogen-bond acceptors (Lipinski definition) is 4. The van der Waals surface area contributed by atoms with Gasteiger partial charge in [-0.15, -0.1) is 11.8 Å². The van der Waals surface area contributed by atoms with Gasteiger partial charge in [-0.2, -0.15) is 0 Å². The minimum absolute atomic E-state index is 0.128. The Labute approximate surface area is 152 Å². The molecule has 0 saturated carbocycles. The number of carbonyl (C=O) groups is 2. The molecule has 2 amide bonds. The van der Waals surface area contributed by atoms with E-state index in [4.69, 9.17) is 5.73 Å². The lowest BCUT2D eigenvalue weighted by molar-refractivity contribution is -0.113. The van der Waals surface area contributed by atoms with E-state index in [0.29, 0.717) is 30.1 Å². The van der Waals surface area contributed by atoms with Gasteiger partial charge in [0.25, 0.3) is 5.91 Å². The fourth-order valence-electron chi connectivity index (χ4n) is 2.32. The van der Waals surface area contributed by atoms with E-state index in [9.17, 15) is 9.59 Å². The van der Waals surface area contributed by atoms with Crippen molar-refractivity contribution in [2.75, 3.05) is 24.2 Å². The van der Waals surface area contributed by atoms with Gasteiger partial charge in [-0.05, 0) is 24.6 Å². The zero-order valence-electron chi connectivity index (χ0n) is 14.2. The van der Waals surface area contributed by atoms with E-state index in [0.717, 1.165) is 5.75 Å². The first-order valence-electron chi connectivity index (χ1n) is 8.10. The lowest BCUT2D eigenvalue weighted by Gasteiger charge is -2.11. The Balaban J connectivity index is 1.89. The van der Waals surface area contributed by atoms with E-state index in [1.807, 2.05) is 19.1 Å². The second kappa shape index (κ2) is 9.86. The number of hydrogen-bond donors (Lipinski definition) is 3. The highest BCUT2D eigenvalue weighted by Gasteiger charge is 2.12. The number of amides is 2. The minimum atomic E-state index is -0.242. The Morgan fingerprint density at radius 1 is 1.12 bits per heavy atom. The molecule has 0 aromatic heterocycles. The molecular weight excluding hydrogens is 334 g/mol. The van der Waals surface area contributed by atoms with Crippen molar-refractivity contribution < 1.29 is 9.59 Å². The van der Waals surface area contributed by atoms with Gasteiger partial charge in [0.15, 0.2) is 0 Å². The van der Waals surface area contributed by atoms with Gasteiger partial charge in [0.2, 0.25) is 5.91 Å². The van der Waals surface area contributed by atoms with E-state index >= 15 is 0 Å². The van der Waals surface area contributed by atoms with Crippen molar-refractivity contribution in [1.29, 1.82) is 0 Å². The summed E-state index contributed by atoms with van der Waals surface area (Å²) in [5.74, 6) is 0.728. The summed E-state index contributed by atoms with van der Waals surface area (Å²) in [6.45, 7) is 2.82. The van der Waals surface area contributed by atoms with Crippen LogP contribution in [0.25, 0.3) is 0 Å². The Morgan fingerprint density at radius 2 is 1.92 bits per heavy atom. The fraction of sp³-hybridized carbons (Fsp3) is 0.263. The molecule has 0 unspecified atom stereocenters. The molecule has 0 aliphatic rings. The van der Waals surface area contributed by atoms with Crippen LogP contribution in [0.3, 0.4) is 0 Å². The molecule has 0 aliphatic carbocycles. The molecule has 0 radical (unpaired) electrons. The number of aryl methyl sites for hydroxylation is 1. The number of nitrogens with two attached hydrogens (primary N) is 1. The second-order valence-electron chi connectivity index (χ2n) is 5.62. The number of carbonyl (C=O) groups excluding carboxylic acids is 2. The van der Waals surface area contributed by atoms with Crippen LogP contribution in [0.15, 0.2) is 48.5 Å². The zero-order chi connectivity index (χ0) is 18.1. The van der Waals surface area contributed by atoms with Crippen molar-refractivity contribution in [3.63, 3.8) is 0 Å². The van der Waals surface area contributed by atoms with Gasteiger partial charge in [0.1, 0.15) is 0 Å². The van der Waals surface area contributed by atoms with Crippen LogP contribution >= 0.6 is 11.8 Å². The van der Waals surface area contributed by atoms with Crippen LogP contribution in [0, 0.1) is 6.92 Å². The molecule has 0 heterocycles. The number of nitrogens with one attached hydrogen (secondary N) is 2. The van der Waals surface area contributed by atoms with E-state index in [1.165, 1.54) is 11.1 Å². The number of thioether (sulfide) groups is 1. The second-order valence-corrected chi connectivity index (χ2v) is 6.61. The molecule has 0 bridgehead atoms. The number of benzene rings is 2. The van der Waals surface area contributed by atoms with E-state index in [2.05, 4.69) is 22.8 Å². The third-order valence-electron chi connectivity index (χ3n) is 3.46. The van der Waals surface area contributed by atoms with Gasteiger partial charge in [-0.3, -0.25) is 9.59 Å². The normalized spacial score (nSPS) is 10.3. The average molecular weight is 357 g/mol. The first kappa shape index (κ1) is 19.0.